The third-order valence-electron chi connectivity index (χ3n) is 4.60. The first kappa shape index (κ1) is 23.1. The Morgan fingerprint density at radius 1 is 1.22 bits per heavy atom. The lowest BCUT2D eigenvalue weighted by Gasteiger charge is -2.19. The zero-order valence-electron chi connectivity index (χ0n) is 17.4. The van der Waals surface area contributed by atoms with Crippen molar-refractivity contribution in [2.75, 3.05) is 10.2 Å². The Balaban J connectivity index is 1.86. The summed E-state index contributed by atoms with van der Waals surface area (Å²) in [7, 11) is 0. The van der Waals surface area contributed by atoms with Crippen molar-refractivity contribution in [3.8, 4) is 6.07 Å². The third-order valence-corrected chi connectivity index (χ3v) is 5.73. The van der Waals surface area contributed by atoms with Crippen molar-refractivity contribution in [1.82, 2.24) is 4.98 Å². The molecule has 9 heteroatoms. The highest BCUT2D eigenvalue weighted by Crippen LogP contribution is 2.31. The van der Waals surface area contributed by atoms with E-state index in [-0.39, 0.29) is 22.2 Å². The standard InChI is InChI=1S/C23H18ClFN4O2S/c1-13-4-6-19(8-14(13)2)29(15(3)30)23-28-18(12-32-23)9-16(11-26)22(31)27-17-5-7-21(25)20(24)10-17/h4-10,12H,1-3H3,(H,27,31)/b16-9+. The quantitative estimate of drug-likeness (QED) is 0.379. The molecule has 0 saturated carbocycles. The molecule has 32 heavy (non-hydrogen) atoms. The molecule has 162 valence electrons. The number of aryl methyl sites for hydroxylation is 2. The van der Waals surface area contributed by atoms with Gasteiger partial charge in [-0.15, -0.1) is 11.3 Å². The van der Waals surface area contributed by atoms with Crippen molar-refractivity contribution in [1.29, 1.82) is 5.26 Å². The molecule has 1 aromatic heterocycles. The second kappa shape index (κ2) is 9.73. The summed E-state index contributed by atoms with van der Waals surface area (Å²) >= 11 is 6.93. The molecule has 0 aliphatic rings. The van der Waals surface area contributed by atoms with Crippen LogP contribution in [-0.2, 0) is 9.59 Å². The van der Waals surface area contributed by atoms with Crippen molar-refractivity contribution in [3.63, 3.8) is 0 Å². The molecule has 2 aromatic carbocycles. The molecule has 3 aromatic rings. The summed E-state index contributed by atoms with van der Waals surface area (Å²) in [6.45, 7) is 5.38. The van der Waals surface area contributed by atoms with Gasteiger partial charge in [-0.3, -0.25) is 14.5 Å². The lowest BCUT2D eigenvalue weighted by atomic mass is 10.1. The van der Waals surface area contributed by atoms with E-state index >= 15 is 0 Å². The number of carbonyl (C=O) groups is 2. The number of benzene rings is 2. The van der Waals surface area contributed by atoms with Crippen LogP contribution >= 0.6 is 22.9 Å². The van der Waals surface area contributed by atoms with Crippen LogP contribution in [-0.4, -0.2) is 16.8 Å². The van der Waals surface area contributed by atoms with E-state index in [0.717, 1.165) is 17.2 Å². The SMILES string of the molecule is CC(=O)N(c1ccc(C)c(C)c1)c1nc(/C=C(\C#N)C(=O)Nc2ccc(F)c(Cl)c2)cs1. The summed E-state index contributed by atoms with van der Waals surface area (Å²) in [6.07, 6.45) is 1.32. The van der Waals surface area contributed by atoms with Crippen LogP contribution in [0.2, 0.25) is 5.02 Å². The van der Waals surface area contributed by atoms with E-state index in [9.17, 15) is 19.2 Å². The Labute approximate surface area is 193 Å². The second-order valence-electron chi connectivity index (χ2n) is 6.93. The minimum atomic E-state index is -0.692. The number of anilines is 3. The van der Waals surface area contributed by atoms with Crippen LogP contribution in [0, 0.1) is 31.0 Å². The van der Waals surface area contributed by atoms with E-state index in [0.29, 0.717) is 16.5 Å². The van der Waals surface area contributed by atoms with Gasteiger partial charge >= 0.3 is 0 Å². The maximum absolute atomic E-state index is 13.3. The van der Waals surface area contributed by atoms with E-state index in [1.165, 1.54) is 41.4 Å². The van der Waals surface area contributed by atoms with Gasteiger partial charge in [0.15, 0.2) is 5.13 Å². The van der Waals surface area contributed by atoms with Crippen molar-refractivity contribution < 1.29 is 14.0 Å². The first-order valence-electron chi connectivity index (χ1n) is 9.41. The minimum Gasteiger partial charge on any atom is -0.321 e. The topological polar surface area (TPSA) is 86.1 Å². The molecule has 0 unspecified atom stereocenters. The highest BCUT2D eigenvalue weighted by molar-refractivity contribution is 7.14. The zero-order chi connectivity index (χ0) is 23.4. The molecule has 0 fully saturated rings. The molecule has 1 heterocycles. The first-order valence-corrected chi connectivity index (χ1v) is 10.7. The second-order valence-corrected chi connectivity index (χ2v) is 8.17. The molecule has 0 atom stereocenters. The predicted molar refractivity (Wildman–Crippen MR) is 124 cm³/mol. The van der Waals surface area contributed by atoms with Gasteiger partial charge in [0.25, 0.3) is 5.91 Å². The van der Waals surface area contributed by atoms with Gasteiger partial charge in [0, 0.05) is 18.0 Å². The van der Waals surface area contributed by atoms with Gasteiger partial charge in [0.05, 0.1) is 16.4 Å². The molecule has 0 radical (unpaired) electrons. The van der Waals surface area contributed by atoms with Crippen LogP contribution in [0.25, 0.3) is 6.08 Å². The lowest BCUT2D eigenvalue weighted by Crippen LogP contribution is -2.22. The van der Waals surface area contributed by atoms with Crippen molar-refractivity contribution >= 4 is 57.3 Å². The third kappa shape index (κ3) is 5.19. The Morgan fingerprint density at radius 2 is 1.97 bits per heavy atom. The summed E-state index contributed by atoms with van der Waals surface area (Å²) in [5.41, 5.74) is 3.21. The van der Waals surface area contributed by atoms with E-state index < -0.39 is 11.7 Å². The number of rotatable bonds is 5. The fourth-order valence-electron chi connectivity index (χ4n) is 2.81. The summed E-state index contributed by atoms with van der Waals surface area (Å²) in [4.78, 5) is 30.7. The number of nitrogens with zero attached hydrogens (tertiary/aromatic N) is 3. The number of carbonyl (C=O) groups excluding carboxylic acids is 2. The van der Waals surface area contributed by atoms with Gasteiger partial charge in [0.2, 0.25) is 5.91 Å². The zero-order valence-corrected chi connectivity index (χ0v) is 19.0. The number of nitriles is 1. The number of aromatic nitrogens is 1. The van der Waals surface area contributed by atoms with Crippen LogP contribution < -0.4 is 10.2 Å². The fraction of sp³-hybridized carbons (Fsp3) is 0.130. The molecule has 2 amide bonds. The maximum Gasteiger partial charge on any atom is 0.266 e. The monoisotopic (exact) mass is 468 g/mol. The number of amides is 2. The Kier molecular flexibility index (Phi) is 7.03. The molecule has 0 aliphatic heterocycles. The molecule has 0 saturated heterocycles. The highest BCUT2D eigenvalue weighted by Gasteiger charge is 2.19. The van der Waals surface area contributed by atoms with Gasteiger partial charge < -0.3 is 5.32 Å². The number of halogens is 2. The molecule has 0 aliphatic carbocycles. The normalized spacial score (nSPS) is 11.1. The molecule has 6 nitrogen and oxygen atoms in total. The van der Waals surface area contributed by atoms with E-state index in [4.69, 9.17) is 11.6 Å². The number of nitrogens with one attached hydrogen (secondary N) is 1. The summed E-state index contributed by atoms with van der Waals surface area (Å²) in [6, 6.07) is 11.2. The maximum atomic E-state index is 13.3. The minimum absolute atomic E-state index is 0.148. The van der Waals surface area contributed by atoms with Gasteiger partial charge in [-0.05, 0) is 61.4 Å². The lowest BCUT2D eigenvalue weighted by molar-refractivity contribution is -0.116. The van der Waals surface area contributed by atoms with Crippen molar-refractivity contribution in [2.24, 2.45) is 0 Å². The summed E-state index contributed by atoms with van der Waals surface area (Å²) in [5.74, 6) is -1.53. The summed E-state index contributed by atoms with van der Waals surface area (Å²) < 4.78 is 13.3. The van der Waals surface area contributed by atoms with E-state index in [2.05, 4.69) is 10.3 Å². The molecule has 0 bridgehead atoms. The highest BCUT2D eigenvalue weighted by atomic mass is 35.5. The molecule has 3 rings (SSSR count). The average molecular weight is 469 g/mol. The molecular formula is C23H18ClFN4O2S. The largest absolute Gasteiger partial charge is 0.321 e. The van der Waals surface area contributed by atoms with Crippen LogP contribution in [0.15, 0.2) is 47.4 Å². The Bertz CT molecular complexity index is 1280. The Hall–Kier alpha value is -3.54. The predicted octanol–water partition coefficient (Wildman–Crippen LogP) is 5.78. The van der Waals surface area contributed by atoms with Gasteiger partial charge in [-0.2, -0.15) is 5.26 Å². The number of hydrogen-bond donors (Lipinski definition) is 1. The number of thiazole rings is 1. The van der Waals surface area contributed by atoms with E-state index in [1.807, 2.05) is 38.1 Å². The van der Waals surface area contributed by atoms with Crippen LogP contribution in [0.3, 0.4) is 0 Å². The van der Waals surface area contributed by atoms with Crippen molar-refractivity contribution in [3.05, 3.63) is 75.0 Å². The fourth-order valence-corrected chi connectivity index (χ4v) is 3.83. The van der Waals surface area contributed by atoms with Crippen LogP contribution in [0.5, 0.6) is 0 Å². The van der Waals surface area contributed by atoms with E-state index in [1.54, 1.807) is 5.38 Å². The van der Waals surface area contributed by atoms with Gasteiger partial charge in [-0.1, -0.05) is 17.7 Å². The average Bonchev–Trinajstić information content (AvgIpc) is 3.19. The number of hydrogen-bond acceptors (Lipinski definition) is 5. The van der Waals surface area contributed by atoms with Crippen LogP contribution in [0.4, 0.5) is 20.9 Å². The van der Waals surface area contributed by atoms with Gasteiger partial charge in [0.1, 0.15) is 17.5 Å². The molecule has 1 N–H and O–H groups in total. The molecular weight excluding hydrogens is 451 g/mol. The molecule has 0 spiro atoms. The van der Waals surface area contributed by atoms with Crippen molar-refractivity contribution in [2.45, 2.75) is 20.8 Å². The Morgan fingerprint density at radius 3 is 2.59 bits per heavy atom. The van der Waals surface area contributed by atoms with Gasteiger partial charge in [-0.25, -0.2) is 9.37 Å². The first-order chi connectivity index (χ1) is 15.2. The smallest absolute Gasteiger partial charge is 0.266 e. The van der Waals surface area contributed by atoms with Crippen LogP contribution in [0.1, 0.15) is 23.7 Å². The summed E-state index contributed by atoms with van der Waals surface area (Å²) in [5, 5.41) is 13.8.